The Morgan fingerprint density at radius 2 is 2.17 bits per heavy atom. The maximum atomic E-state index is 11.6. The fourth-order valence-corrected chi connectivity index (χ4v) is 3.92. The van der Waals surface area contributed by atoms with E-state index in [1.165, 1.54) is 11.5 Å². The molecular formula is C13H24N2O2S. The fraction of sp³-hybridized carbons (Fsp3) is 0.923. The third-order valence-electron chi connectivity index (χ3n) is 3.94. The van der Waals surface area contributed by atoms with Crippen molar-refractivity contribution in [2.75, 3.05) is 38.8 Å². The molecule has 2 saturated heterocycles. The van der Waals surface area contributed by atoms with Gasteiger partial charge >= 0.3 is 0 Å². The van der Waals surface area contributed by atoms with Crippen LogP contribution in [0.3, 0.4) is 0 Å². The number of hydrogen-bond donors (Lipinski definition) is 1. The maximum absolute atomic E-state index is 11.6. The summed E-state index contributed by atoms with van der Waals surface area (Å²) in [5.74, 6) is 2.57. The maximum Gasteiger partial charge on any atom is 0.236 e. The first-order valence-electron chi connectivity index (χ1n) is 6.77. The smallest absolute Gasteiger partial charge is 0.236 e. The zero-order chi connectivity index (χ0) is 13.0. The highest BCUT2D eigenvalue weighted by molar-refractivity contribution is 7.99. The van der Waals surface area contributed by atoms with Crippen LogP contribution < -0.4 is 5.32 Å². The second-order valence-corrected chi connectivity index (χ2v) is 6.73. The van der Waals surface area contributed by atoms with Gasteiger partial charge in [-0.25, -0.2) is 0 Å². The van der Waals surface area contributed by atoms with Gasteiger partial charge in [0, 0.05) is 26.7 Å². The molecule has 2 heterocycles. The number of carbonyl (C=O) groups is 1. The molecule has 1 amide bonds. The van der Waals surface area contributed by atoms with Crippen LogP contribution in [-0.4, -0.2) is 61.2 Å². The van der Waals surface area contributed by atoms with E-state index < -0.39 is 0 Å². The Kier molecular flexibility index (Phi) is 4.92. The SMILES string of the molecule is CN(C)C(=O)CNC1CCOC2(CCSCC2)C1. The van der Waals surface area contributed by atoms with Crippen LogP contribution in [0.5, 0.6) is 0 Å². The van der Waals surface area contributed by atoms with E-state index in [4.69, 9.17) is 4.74 Å². The number of ether oxygens (including phenoxy) is 1. The molecule has 0 aromatic heterocycles. The normalized spacial score (nSPS) is 27.1. The van der Waals surface area contributed by atoms with E-state index in [1.54, 1.807) is 19.0 Å². The minimum Gasteiger partial charge on any atom is -0.375 e. The van der Waals surface area contributed by atoms with Crippen molar-refractivity contribution in [2.24, 2.45) is 0 Å². The quantitative estimate of drug-likeness (QED) is 0.835. The number of likely N-dealkylation sites (N-methyl/N-ethyl adjacent to an activating group) is 1. The number of carbonyl (C=O) groups excluding carboxylic acids is 1. The van der Waals surface area contributed by atoms with Gasteiger partial charge < -0.3 is 15.0 Å². The Labute approximate surface area is 114 Å². The minimum atomic E-state index is 0.0995. The highest BCUT2D eigenvalue weighted by Crippen LogP contribution is 2.37. The summed E-state index contributed by atoms with van der Waals surface area (Å²) < 4.78 is 6.04. The molecule has 5 heteroatoms. The van der Waals surface area contributed by atoms with Gasteiger partial charge in [-0.05, 0) is 37.2 Å². The molecule has 2 aliphatic heterocycles. The molecule has 1 N–H and O–H groups in total. The molecule has 0 radical (unpaired) electrons. The molecule has 2 rings (SSSR count). The van der Waals surface area contributed by atoms with E-state index in [2.05, 4.69) is 5.32 Å². The molecule has 1 atom stereocenters. The summed E-state index contributed by atoms with van der Waals surface area (Å²) in [4.78, 5) is 13.2. The summed E-state index contributed by atoms with van der Waals surface area (Å²) in [6.07, 6.45) is 4.42. The predicted molar refractivity (Wildman–Crippen MR) is 75.0 cm³/mol. The van der Waals surface area contributed by atoms with Crippen molar-refractivity contribution in [3.05, 3.63) is 0 Å². The number of nitrogens with one attached hydrogen (secondary N) is 1. The van der Waals surface area contributed by atoms with Gasteiger partial charge in [0.15, 0.2) is 0 Å². The molecule has 4 nitrogen and oxygen atoms in total. The Morgan fingerprint density at radius 3 is 2.83 bits per heavy atom. The van der Waals surface area contributed by atoms with Gasteiger partial charge in [-0.1, -0.05) is 0 Å². The number of nitrogens with zero attached hydrogens (tertiary/aromatic N) is 1. The van der Waals surface area contributed by atoms with Crippen LogP contribution in [0.25, 0.3) is 0 Å². The molecule has 1 spiro atoms. The lowest BCUT2D eigenvalue weighted by Crippen LogP contribution is -2.50. The van der Waals surface area contributed by atoms with E-state index in [-0.39, 0.29) is 11.5 Å². The van der Waals surface area contributed by atoms with Crippen LogP contribution in [0.2, 0.25) is 0 Å². The predicted octanol–water partition coefficient (Wildman–Crippen LogP) is 1.11. The van der Waals surface area contributed by atoms with Crippen molar-refractivity contribution in [3.8, 4) is 0 Å². The summed E-state index contributed by atoms with van der Waals surface area (Å²) in [5.41, 5.74) is 0.0995. The Morgan fingerprint density at radius 1 is 1.44 bits per heavy atom. The van der Waals surface area contributed by atoms with E-state index in [0.29, 0.717) is 12.6 Å². The molecule has 0 aromatic rings. The molecule has 0 aliphatic carbocycles. The molecule has 0 saturated carbocycles. The van der Waals surface area contributed by atoms with Crippen LogP contribution >= 0.6 is 11.8 Å². The standard InChI is InChI=1S/C13H24N2O2S/c1-15(2)12(16)10-14-11-3-6-17-13(9-11)4-7-18-8-5-13/h11,14H,3-10H2,1-2H3. The first-order valence-corrected chi connectivity index (χ1v) is 7.92. The number of amides is 1. The van der Waals surface area contributed by atoms with Crippen molar-refractivity contribution in [1.82, 2.24) is 10.2 Å². The van der Waals surface area contributed by atoms with Gasteiger partial charge in [0.25, 0.3) is 0 Å². The zero-order valence-corrected chi connectivity index (χ0v) is 12.2. The number of thioether (sulfide) groups is 1. The van der Waals surface area contributed by atoms with Crippen molar-refractivity contribution in [3.63, 3.8) is 0 Å². The van der Waals surface area contributed by atoms with Crippen molar-refractivity contribution >= 4 is 17.7 Å². The third kappa shape index (κ3) is 3.62. The lowest BCUT2D eigenvalue weighted by atomic mass is 9.85. The lowest BCUT2D eigenvalue weighted by Gasteiger charge is -2.43. The van der Waals surface area contributed by atoms with E-state index >= 15 is 0 Å². The first kappa shape index (κ1) is 14.2. The average molecular weight is 272 g/mol. The largest absolute Gasteiger partial charge is 0.375 e. The van der Waals surface area contributed by atoms with Crippen LogP contribution in [0, 0.1) is 0 Å². The van der Waals surface area contributed by atoms with Crippen LogP contribution in [0.4, 0.5) is 0 Å². The molecule has 0 aromatic carbocycles. The monoisotopic (exact) mass is 272 g/mol. The minimum absolute atomic E-state index is 0.0995. The van der Waals surface area contributed by atoms with E-state index in [1.807, 2.05) is 11.8 Å². The van der Waals surface area contributed by atoms with Crippen molar-refractivity contribution < 1.29 is 9.53 Å². The first-order chi connectivity index (χ1) is 8.61. The number of rotatable bonds is 3. The number of hydrogen-bond acceptors (Lipinski definition) is 4. The second kappa shape index (κ2) is 6.26. The van der Waals surface area contributed by atoms with Crippen LogP contribution in [-0.2, 0) is 9.53 Å². The fourth-order valence-electron chi connectivity index (χ4n) is 2.68. The van der Waals surface area contributed by atoms with Gasteiger partial charge in [-0.2, -0.15) is 11.8 Å². The summed E-state index contributed by atoms with van der Waals surface area (Å²) in [6, 6.07) is 0.436. The Bertz CT molecular complexity index is 285. The average Bonchev–Trinajstić information content (AvgIpc) is 2.37. The van der Waals surface area contributed by atoms with E-state index in [9.17, 15) is 4.79 Å². The Balaban J connectivity index is 1.81. The van der Waals surface area contributed by atoms with Gasteiger partial charge in [0.2, 0.25) is 5.91 Å². The van der Waals surface area contributed by atoms with E-state index in [0.717, 1.165) is 32.3 Å². The Hall–Kier alpha value is -0.260. The van der Waals surface area contributed by atoms with Crippen LogP contribution in [0.15, 0.2) is 0 Å². The topological polar surface area (TPSA) is 41.6 Å². The molecule has 0 bridgehead atoms. The second-order valence-electron chi connectivity index (χ2n) is 5.50. The molecule has 2 fully saturated rings. The molecular weight excluding hydrogens is 248 g/mol. The van der Waals surface area contributed by atoms with Gasteiger partial charge in [0.1, 0.15) is 0 Å². The third-order valence-corrected chi connectivity index (χ3v) is 4.92. The van der Waals surface area contributed by atoms with Gasteiger partial charge in [0.05, 0.1) is 12.1 Å². The summed E-state index contributed by atoms with van der Waals surface area (Å²) in [5, 5.41) is 3.40. The van der Waals surface area contributed by atoms with Gasteiger partial charge in [-0.3, -0.25) is 4.79 Å². The summed E-state index contributed by atoms with van der Waals surface area (Å²) in [7, 11) is 3.60. The van der Waals surface area contributed by atoms with Crippen molar-refractivity contribution in [2.45, 2.75) is 37.3 Å². The van der Waals surface area contributed by atoms with Gasteiger partial charge in [-0.15, -0.1) is 0 Å². The molecule has 18 heavy (non-hydrogen) atoms. The summed E-state index contributed by atoms with van der Waals surface area (Å²) in [6.45, 7) is 1.28. The highest BCUT2D eigenvalue weighted by Gasteiger charge is 2.38. The lowest BCUT2D eigenvalue weighted by molar-refractivity contribution is -0.128. The zero-order valence-electron chi connectivity index (χ0n) is 11.4. The summed E-state index contributed by atoms with van der Waals surface area (Å²) >= 11 is 2.02. The van der Waals surface area contributed by atoms with Crippen LogP contribution in [0.1, 0.15) is 25.7 Å². The van der Waals surface area contributed by atoms with Crippen molar-refractivity contribution in [1.29, 1.82) is 0 Å². The highest BCUT2D eigenvalue weighted by atomic mass is 32.2. The molecule has 1 unspecified atom stereocenters. The molecule has 2 aliphatic rings. The molecule has 104 valence electrons.